The van der Waals surface area contributed by atoms with Crippen LogP contribution in [-0.2, 0) is 13.7 Å². The number of halogens is 1. The fraction of sp³-hybridized carbons (Fsp3) is 0.308. The van der Waals surface area contributed by atoms with E-state index in [1.165, 1.54) is 0 Å². The van der Waals surface area contributed by atoms with E-state index in [0.29, 0.717) is 11.6 Å². The van der Waals surface area contributed by atoms with Crippen LogP contribution in [0.15, 0.2) is 35.6 Å². The molecule has 0 aliphatic carbocycles. The molecule has 2 rings (SSSR count). The number of hydrogen-bond acceptors (Lipinski definition) is 4. The van der Waals surface area contributed by atoms with Crippen LogP contribution in [0.5, 0.6) is 5.75 Å². The molecule has 0 atom stereocenters. The normalized spacial score (nSPS) is 10.7. The zero-order valence-electron chi connectivity index (χ0n) is 10.5. The number of imidazole rings is 1. The number of aromatic nitrogens is 2. The third-order valence-corrected chi connectivity index (χ3v) is 3.83. The van der Waals surface area contributed by atoms with Crippen LogP contribution in [0, 0.1) is 0 Å². The molecule has 102 valence electrons. The minimum atomic E-state index is 0.00305. The van der Waals surface area contributed by atoms with E-state index in [-0.39, 0.29) is 6.61 Å². The molecular weight excluding hydrogens is 284 g/mol. The number of aliphatic hydroxyl groups is 1. The SMILES string of the molecule is Cn1c(CO)cnc1SCCOc1cccc(Cl)c1. The van der Waals surface area contributed by atoms with Gasteiger partial charge in [0.2, 0.25) is 0 Å². The van der Waals surface area contributed by atoms with Crippen molar-refractivity contribution in [2.75, 3.05) is 12.4 Å². The van der Waals surface area contributed by atoms with E-state index in [1.54, 1.807) is 24.0 Å². The molecule has 0 unspecified atom stereocenters. The van der Waals surface area contributed by atoms with Gasteiger partial charge in [-0.15, -0.1) is 0 Å². The van der Waals surface area contributed by atoms with Gasteiger partial charge in [0.25, 0.3) is 0 Å². The third kappa shape index (κ3) is 3.89. The lowest BCUT2D eigenvalue weighted by Gasteiger charge is -2.06. The van der Waals surface area contributed by atoms with E-state index in [9.17, 15) is 0 Å². The number of rotatable bonds is 6. The molecule has 0 saturated carbocycles. The second kappa shape index (κ2) is 6.84. The Morgan fingerprint density at radius 3 is 3.00 bits per heavy atom. The Kier molecular flexibility index (Phi) is 5.13. The predicted molar refractivity (Wildman–Crippen MR) is 76.8 cm³/mol. The summed E-state index contributed by atoms with van der Waals surface area (Å²) in [6.07, 6.45) is 1.68. The average Bonchev–Trinajstić information content (AvgIpc) is 2.76. The minimum absolute atomic E-state index is 0.00305. The largest absolute Gasteiger partial charge is 0.493 e. The predicted octanol–water partition coefficient (Wildman–Crippen LogP) is 2.74. The maximum Gasteiger partial charge on any atom is 0.168 e. The first-order chi connectivity index (χ1) is 9.20. The van der Waals surface area contributed by atoms with Crippen LogP contribution in [0.25, 0.3) is 0 Å². The van der Waals surface area contributed by atoms with Gasteiger partial charge in [-0.25, -0.2) is 4.98 Å². The minimum Gasteiger partial charge on any atom is -0.493 e. The zero-order valence-corrected chi connectivity index (χ0v) is 12.1. The molecule has 1 N–H and O–H groups in total. The lowest BCUT2D eigenvalue weighted by Crippen LogP contribution is -2.02. The van der Waals surface area contributed by atoms with Crippen molar-refractivity contribution in [3.63, 3.8) is 0 Å². The Morgan fingerprint density at radius 2 is 2.32 bits per heavy atom. The maximum absolute atomic E-state index is 9.07. The van der Waals surface area contributed by atoms with Crippen LogP contribution in [0.2, 0.25) is 5.02 Å². The summed E-state index contributed by atoms with van der Waals surface area (Å²) in [6, 6.07) is 7.34. The lowest BCUT2D eigenvalue weighted by molar-refractivity contribution is 0.271. The Labute approximate surface area is 121 Å². The molecule has 0 spiro atoms. The van der Waals surface area contributed by atoms with Crippen molar-refractivity contribution in [1.29, 1.82) is 0 Å². The van der Waals surface area contributed by atoms with E-state index in [2.05, 4.69) is 4.98 Å². The number of hydrogen-bond donors (Lipinski definition) is 1. The van der Waals surface area contributed by atoms with Crippen molar-refractivity contribution in [3.05, 3.63) is 41.2 Å². The van der Waals surface area contributed by atoms with Crippen molar-refractivity contribution < 1.29 is 9.84 Å². The smallest absolute Gasteiger partial charge is 0.168 e. The van der Waals surface area contributed by atoms with E-state index < -0.39 is 0 Å². The summed E-state index contributed by atoms with van der Waals surface area (Å²) in [5.41, 5.74) is 0.804. The van der Waals surface area contributed by atoms with E-state index in [0.717, 1.165) is 22.4 Å². The van der Waals surface area contributed by atoms with Gasteiger partial charge < -0.3 is 14.4 Å². The van der Waals surface area contributed by atoms with Gasteiger partial charge in [0, 0.05) is 17.8 Å². The molecular formula is C13H15ClN2O2S. The van der Waals surface area contributed by atoms with Crippen molar-refractivity contribution in [2.45, 2.75) is 11.8 Å². The summed E-state index contributed by atoms with van der Waals surface area (Å²) in [4.78, 5) is 4.23. The number of benzene rings is 1. The van der Waals surface area contributed by atoms with Gasteiger partial charge in [-0.3, -0.25) is 0 Å². The molecule has 0 saturated heterocycles. The summed E-state index contributed by atoms with van der Waals surface area (Å²) < 4.78 is 7.47. The van der Waals surface area contributed by atoms with Crippen molar-refractivity contribution in [2.24, 2.45) is 7.05 Å². The molecule has 1 aromatic heterocycles. The molecule has 2 aromatic rings. The highest BCUT2D eigenvalue weighted by molar-refractivity contribution is 7.99. The Morgan fingerprint density at radius 1 is 1.47 bits per heavy atom. The van der Waals surface area contributed by atoms with E-state index >= 15 is 0 Å². The molecule has 6 heteroatoms. The van der Waals surface area contributed by atoms with Crippen LogP contribution < -0.4 is 4.74 Å². The number of nitrogens with zero attached hydrogens (tertiary/aromatic N) is 2. The number of thioether (sulfide) groups is 1. The molecule has 0 fully saturated rings. The molecule has 0 amide bonds. The summed E-state index contributed by atoms with van der Waals surface area (Å²) in [7, 11) is 1.89. The van der Waals surface area contributed by atoms with Crippen LogP contribution in [0.1, 0.15) is 5.69 Å². The summed E-state index contributed by atoms with van der Waals surface area (Å²) in [6.45, 7) is 0.579. The fourth-order valence-corrected chi connectivity index (χ4v) is 2.52. The molecule has 0 bridgehead atoms. The van der Waals surface area contributed by atoms with Crippen LogP contribution in [0.3, 0.4) is 0 Å². The molecule has 1 heterocycles. The molecule has 1 aromatic carbocycles. The molecule has 4 nitrogen and oxygen atoms in total. The van der Waals surface area contributed by atoms with Gasteiger partial charge in [0.05, 0.1) is 25.1 Å². The van der Waals surface area contributed by atoms with Crippen LogP contribution in [0.4, 0.5) is 0 Å². The second-order valence-electron chi connectivity index (χ2n) is 3.90. The van der Waals surface area contributed by atoms with Crippen molar-refractivity contribution in [3.8, 4) is 5.75 Å². The van der Waals surface area contributed by atoms with E-state index in [4.69, 9.17) is 21.4 Å². The summed E-state index contributed by atoms with van der Waals surface area (Å²) in [5.74, 6) is 1.55. The van der Waals surface area contributed by atoms with E-state index in [1.807, 2.05) is 29.8 Å². The van der Waals surface area contributed by atoms with Crippen LogP contribution >= 0.6 is 23.4 Å². The average molecular weight is 299 g/mol. The first kappa shape index (κ1) is 14.2. The molecule has 0 radical (unpaired) electrons. The summed E-state index contributed by atoms with van der Waals surface area (Å²) in [5, 5.41) is 10.6. The Balaban J connectivity index is 1.79. The number of aliphatic hydroxyl groups excluding tert-OH is 1. The van der Waals surface area contributed by atoms with Crippen LogP contribution in [-0.4, -0.2) is 27.0 Å². The highest BCUT2D eigenvalue weighted by Gasteiger charge is 2.05. The second-order valence-corrected chi connectivity index (χ2v) is 5.40. The highest BCUT2D eigenvalue weighted by atomic mass is 35.5. The standard InChI is InChI=1S/C13H15ClN2O2S/c1-16-11(9-17)8-15-13(16)19-6-5-18-12-4-2-3-10(14)7-12/h2-4,7-8,17H,5-6,9H2,1H3. The number of ether oxygens (including phenoxy) is 1. The van der Waals surface area contributed by atoms with Gasteiger partial charge in [0.1, 0.15) is 5.75 Å². The monoisotopic (exact) mass is 298 g/mol. The van der Waals surface area contributed by atoms with Gasteiger partial charge in [-0.05, 0) is 18.2 Å². The Hall–Kier alpha value is -1.17. The van der Waals surface area contributed by atoms with Gasteiger partial charge in [-0.2, -0.15) is 0 Å². The Bertz CT molecular complexity index is 545. The quantitative estimate of drug-likeness (QED) is 0.658. The molecule has 0 aliphatic heterocycles. The highest BCUT2D eigenvalue weighted by Crippen LogP contribution is 2.19. The molecule has 0 aliphatic rings. The summed E-state index contributed by atoms with van der Waals surface area (Å²) >= 11 is 7.46. The van der Waals surface area contributed by atoms with Gasteiger partial charge in [-0.1, -0.05) is 29.4 Å². The first-order valence-electron chi connectivity index (χ1n) is 5.83. The molecule has 19 heavy (non-hydrogen) atoms. The van der Waals surface area contributed by atoms with Gasteiger partial charge >= 0.3 is 0 Å². The third-order valence-electron chi connectivity index (χ3n) is 2.58. The topological polar surface area (TPSA) is 47.3 Å². The van der Waals surface area contributed by atoms with Crippen molar-refractivity contribution >= 4 is 23.4 Å². The fourth-order valence-electron chi connectivity index (χ4n) is 1.56. The van der Waals surface area contributed by atoms with Gasteiger partial charge in [0.15, 0.2) is 5.16 Å². The maximum atomic E-state index is 9.07. The van der Waals surface area contributed by atoms with Crippen molar-refractivity contribution in [1.82, 2.24) is 9.55 Å². The zero-order chi connectivity index (χ0) is 13.7. The lowest BCUT2D eigenvalue weighted by atomic mass is 10.3. The first-order valence-corrected chi connectivity index (χ1v) is 7.19.